The summed E-state index contributed by atoms with van der Waals surface area (Å²) in [7, 11) is 0. The Labute approximate surface area is 286 Å². The predicted octanol–water partition coefficient (Wildman–Crippen LogP) is 11.4. The molecule has 4 aromatic carbocycles. The Kier molecular flexibility index (Phi) is 6.39. The van der Waals surface area contributed by atoms with Crippen molar-refractivity contribution in [2.45, 2.75) is 0 Å². The van der Waals surface area contributed by atoms with Crippen LogP contribution in [0, 0.1) is 0 Å². The molecule has 0 saturated carbocycles. The summed E-state index contributed by atoms with van der Waals surface area (Å²) in [6.07, 6.45) is 7.40. The van der Waals surface area contributed by atoms with Crippen LogP contribution < -0.4 is 0 Å². The maximum atomic E-state index is 6.56. The number of fused-ring (bicyclic) bond motifs is 6. The molecule has 0 spiro atoms. The number of pyridine rings is 4. The lowest BCUT2D eigenvalue weighted by atomic mass is 10.0. The fourth-order valence-electron chi connectivity index (χ4n) is 6.91. The quantitative estimate of drug-likeness (QED) is 0.186. The summed E-state index contributed by atoms with van der Waals surface area (Å²) in [6.45, 7) is 0. The van der Waals surface area contributed by atoms with Crippen LogP contribution in [0.4, 0.5) is 0 Å². The Morgan fingerprint density at radius 3 is 1.18 bits per heavy atom. The zero-order valence-corrected chi connectivity index (χ0v) is 26.6. The average Bonchev–Trinajstić information content (AvgIpc) is 3.78. The van der Waals surface area contributed by atoms with Crippen molar-refractivity contribution < 1.29 is 8.83 Å². The molecule has 6 heterocycles. The van der Waals surface area contributed by atoms with Crippen molar-refractivity contribution in [1.82, 2.24) is 19.9 Å². The number of para-hydroxylation sites is 2. The Bertz CT molecular complexity index is 2640. The summed E-state index contributed by atoms with van der Waals surface area (Å²) >= 11 is 0. The van der Waals surface area contributed by atoms with Gasteiger partial charge in [0, 0.05) is 68.9 Å². The number of hydrogen-bond donors (Lipinski definition) is 0. The van der Waals surface area contributed by atoms with Gasteiger partial charge < -0.3 is 8.83 Å². The molecule has 0 radical (unpaired) electrons. The van der Waals surface area contributed by atoms with Crippen LogP contribution >= 0.6 is 0 Å². The van der Waals surface area contributed by atoms with E-state index in [-0.39, 0.29) is 0 Å². The highest BCUT2D eigenvalue weighted by molar-refractivity contribution is 6.12. The van der Waals surface area contributed by atoms with Gasteiger partial charge in [-0.05, 0) is 47.5 Å². The first-order valence-electron chi connectivity index (χ1n) is 16.4. The van der Waals surface area contributed by atoms with Crippen LogP contribution in [0.1, 0.15) is 0 Å². The molecule has 0 unspecified atom stereocenters. The maximum absolute atomic E-state index is 6.56. The zero-order valence-electron chi connectivity index (χ0n) is 26.6. The first-order chi connectivity index (χ1) is 24.8. The lowest BCUT2D eigenvalue weighted by Crippen LogP contribution is -1.90. The minimum atomic E-state index is 0.744. The normalized spacial score (nSPS) is 11.6. The summed E-state index contributed by atoms with van der Waals surface area (Å²) in [5.41, 5.74) is 14.4. The van der Waals surface area contributed by atoms with Crippen molar-refractivity contribution in [3.63, 3.8) is 0 Å². The SMILES string of the molecule is c1ccc(-c2cccc3c2oc2c(-c4ccc(-c5ccc(-c6ccnc7c6oc6c(-c8ccccc8)cccc67)cn5)nc4)ccnc23)cc1. The Morgan fingerprint density at radius 2 is 0.760 bits per heavy atom. The molecule has 0 atom stereocenters. The van der Waals surface area contributed by atoms with Gasteiger partial charge in [-0.1, -0.05) is 97.1 Å². The predicted molar refractivity (Wildman–Crippen MR) is 199 cm³/mol. The van der Waals surface area contributed by atoms with Gasteiger partial charge in [-0.2, -0.15) is 0 Å². The van der Waals surface area contributed by atoms with E-state index in [1.54, 1.807) is 0 Å². The van der Waals surface area contributed by atoms with Crippen LogP contribution in [-0.2, 0) is 0 Å². The molecule has 6 aromatic heterocycles. The molecule has 0 bridgehead atoms. The van der Waals surface area contributed by atoms with Crippen LogP contribution in [0.3, 0.4) is 0 Å². The van der Waals surface area contributed by atoms with E-state index in [4.69, 9.17) is 28.8 Å². The molecule has 0 amide bonds. The minimum Gasteiger partial charge on any atom is -0.453 e. The number of furan rings is 2. The number of rotatable bonds is 5. The van der Waals surface area contributed by atoms with E-state index in [0.29, 0.717) is 0 Å². The third-order valence-electron chi connectivity index (χ3n) is 9.34. The number of nitrogens with zero attached hydrogens (tertiary/aromatic N) is 4. The molecule has 0 aliphatic rings. The molecule has 10 aromatic rings. The molecule has 50 heavy (non-hydrogen) atoms. The number of aromatic nitrogens is 4. The first-order valence-corrected chi connectivity index (χ1v) is 16.4. The van der Waals surface area contributed by atoms with E-state index in [2.05, 4.69) is 72.8 Å². The second-order valence-corrected chi connectivity index (χ2v) is 12.2. The van der Waals surface area contributed by atoms with Gasteiger partial charge >= 0.3 is 0 Å². The van der Waals surface area contributed by atoms with Gasteiger partial charge in [0.25, 0.3) is 0 Å². The van der Waals surface area contributed by atoms with Crippen LogP contribution in [-0.4, -0.2) is 19.9 Å². The molecule has 0 aliphatic heterocycles. The average molecular weight is 643 g/mol. The van der Waals surface area contributed by atoms with E-state index in [0.717, 1.165) is 100 Å². The lowest BCUT2D eigenvalue weighted by molar-refractivity contribution is 0.670. The summed E-state index contributed by atoms with van der Waals surface area (Å²) < 4.78 is 13.1. The lowest BCUT2D eigenvalue weighted by Gasteiger charge is -2.06. The Morgan fingerprint density at radius 1 is 0.320 bits per heavy atom. The van der Waals surface area contributed by atoms with Crippen LogP contribution in [0.25, 0.3) is 100 Å². The second kappa shape index (κ2) is 11.4. The van der Waals surface area contributed by atoms with Gasteiger partial charge in [-0.25, -0.2) is 0 Å². The van der Waals surface area contributed by atoms with Crippen molar-refractivity contribution in [1.29, 1.82) is 0 Å². The molecular weight excluding hydrogens is 617 g/mol. The molecule has 0 N–H and O–H groups in total. The van der Waals surface area contributed by atoms with E-state index in [9.17, 15) is 0 Å². The maximum Gasteiger partial charge on any atom is 0.161 e. The monoisotopic (exact) mass is 642 g/mol. The van der Waals surface area contributed by atoms with Crippen molar-refractivity contribution in [3.05, 3.63) is 158 Å². The Balaban J connectivity index is 0.988. The van der Waals surface area contributed by atoms with Crippen molar-refractivity contribution in [2.75, 3.05) is 0 Å². The summed E-state index contributed by atoms with van der Waals surface area (Å²) in [5.74, 6) is 0. The van der Waals surface area contributed by atoms with E-state index in [1.807, 2.05) is 85.5 Å². The third kappa shape index (κ3) is 4.50. The minimum absolute atomic E-state index is 0.744. The zero-order chi connectivity index (χ0) is 33.0. The molecule has 10 rings (SSSR count). The summed E-state index contributed by atoms with van der Waals surface area (Å²) in [5, 5.41) is 1.98. The molecule has 6 nitrogen and oxygen atoms in total. The van der Waals surface area contributed by atoms with E-state index >= 15 is 0 Å². The molecule has 6 heteroatoms. The van der Waals surface area contributed by atoms with Gasteiger partial charge in [0.1, 0.15) is 22.2 Å². The van der Waals surface area contributed by atoms with Gasteiger partial charge in [0.05, 0.1) is 11.4 Å². The highest BCUT2D eigenvalue weighted by Gasteiger charge is 2.19. The van der Waals surface area contributed by atoms with Crippen LogP contribution in [0.15, 0.2) is 167 Å². The highest BCUT2D eigenvalue weighted by atomic mass is 16.3. The first kappa shape index (κ1) is 28.1. The molecule has 0 fully saturated rings. The fraction of sp³-hybridized carbons (Fsp3) is 0. The van der Waals surface area contributed by atoms with Crippen molar-refractivity contribution >= 4 is 44.1 Å². The topological polar surface area (TPSA) is 77.8 Å². The van der Waals surface area contributed by atoms with Gasteiger partial charge in [-0.3, -0.25) is 19.9 Å². The molecular formula is C44H26N4O2. The standard InChI is InChI=1S/C44H26N4O2/c1-3-9-27(10-4-1)31-13-7-15-35-39-43(49-41(31)35)33(21-23-45-39)29-17-19-37(47-25-29)38-20-18-30(26-48-38)34-22-24-46-40-36-16-8-14-32(42(36)50-44(34)40)28-11-5-2-6-12-28/h1-26H. The van der Waals surface area contributed by atoms with Crippen molar-refractivity contribution in [3.8, 4) is 55.9 Å². The number of benzene rings is 4. The summed E-state index contributed by atoms with van der Waals surface area (Å²) in [6, 6.07) is 45.0. The number of hydrogen-bond acceptors (Lipinski definition) is 6. The van der Waals surface area contributed by atoms with Gasteiger partial charge in [-0.15, -0.1) is 0 Å². The van der Waals surface area contributed by atoms with Crippen LogP contribution in [0.5, 0.6) is 0 Å². The second-order valence-electron chi connectivity index (χ2n) is 12.2. The largest absolute Gasteiger partial charge is 0.453 e. The van der Waals surface area contributed by atoms with Gasteiger partial charge in [0.15, 0.2) is 11.2 Å². The van der Waals surface area contributed by atoms with Crippen molar-refractivity contribution in [2.24, 2.45) is 0 Å². The van der Waals surface area contributed by atoms with Gasteiger partial charge in [0.2, 0.25) is 0 Å². The van der Waals surface area contributed by atoms with E-state index in [1.165, 1.54) is 0 Å². The smallest absolute Gasteiger partial charge is 0.161 e. The fourth-order valence-corrected chi connectivity index (χ4v) is 6.91. The van der Waals surface area contributed by atoms with Crippen LogP contribution in [0.2, 0.25) is 0 Å². The van der Waals surface area contributed by atoms with E-state index < -0.39 is 0 Å². The molecule has 234 valence electrons. The summed E-state index contributed by atoms with van der Waals surface area (Å²) in [4.78, 5) is 19.0. The third-order valence-corrected chi connectivity index (χ3v) is 9.34. The Hall–Kier alpha value is -6.92. The molecule has 0 aliphatic carbocycles. The molecule has 0 saturated heterocycles. The highest BCUT2D eigenvalue weighted by Crippen LogP contribution is 2.40.